The average Bonchev–Trinajstić information content (AvgIpc) is 2.88. The van der Waals surface area contributed by atoms with Crippen LogP contribution in [0.3, 0.4) is 0 Å². The van der Waals surface area contributed by atoms with Gasteiger partial charge in [-0.05, 0) is 52.5 Å². The second kappa shape index (κ2) is 7.42. The quantitative estimate of drug-likeness (QED) is 0.712. The highest BCUT2D eigenvalue weighted by Gasteiger charge is 2.41. The molecule has 154 valence electrons. The molecule has 2 aliphatic rings. The first kappa shape index (κ1) is 21.3. The number of nitrogens with zero attached hydrogens (tertiary/aromatic N) is 2. The fraction of sp³-hybridized carbons (Fsp3) is 0.609. The van der Waals surface area contributed by atoms with Crippen LogP contribution in [0, 0.1) is 0 Å². The summed E-state index contributed by atoms with van der Waals surface area (Å²) in [4.78, 5) is 13.4. The molecule has 0 radical (unpaired) electrons. The van der Waals surface area contributed by atoms with Gasteiger partial charge >= 0.3 is 0 Å². The van der Waals surface area contributed by atoms with Crippen LogP contribution < -0.4 is 0 Å². The third kappa shape index (κ3) is 3.97. The van der Waals surface area contributed by atoms with Crippen LogP contribution in [0.15, 0.2) is 23.7 Å². The number of phenolic OH excluding ortho intramolecular Hbond substituents is 1. The van der Waals surface area contributed by atoms with Gasteiger partial charge in [0.1, 0.15) is 11.0 Å². The van der Waals surface area contributed by atoms with Gasteiger partial charge in [-0.2, -0.15) is 0 Å². The van der Waals surface area contributed by atoms with Crippen LogP contribution >= 0.6 is 11.8 Å². The van der Waals surface area contributed by atoms with E-state index in [0.29, 0.717) is 5.75 Å². The number of phenols is 1. The molecule has 4 nitrogen and oxygen atoms in total. The van der Waals surface area contributed by atoms with E-state index in [4.69, 9.17) is 0 Å². The van der Waals surface area contributed by atoms with Gasteiger partial charge in [0, 0.05) is 13.1 Å². The lowest BCUT2D eigenvalue weighted by molar-refractivity contribution is -0.142. The summed E-state index contributed by atoms with van der Waals surface area (Å²) >= 11 is 1.53. The largest absolute Gasteiger partial charge is 0.507 e. The Labute approximate surface area is 174 Å². The molecule has 0 saturated carbocycles. The summed E-state index contributed by atoms with van der Waals surface area (Å²) in [5, 5.41) is 15.4. The minimum Gasteiger partial charge on any atom is -0.507 e. The van der Waals surface area contributed by atoms with Crippen molar-refractivity contribution in [1.29, 1.82) is 0 Å². The van der Waals surface area contributed by atoms with E-state index < -0.39 is 0 Å². The Morgan fingerprint density at radius 2 is 1.50 bits per heavy atom. The van der Waals surface area contributed by atoms with Crippen LogP contribution in [0.5, 0.6) is 5.75 Å². The van der Waals surface area contributed by atoms with Crippen molar-refractivity contribution in [2.45, 2.75) is 76.9 Å². The number of amides is 1. The maximum absolute atomic E-state index is 13.4. The number of benzene rings is 1. The zero-order valence-corrected chi connectivity index (χ0v) is 18.9. The van der Waals surface area contributed by atoms with E-state index in [2.05, 4.69) is 53.1 Å². The highest BCUT2D eigenvalue weighted by molar-refractivity contribution is 8.04. The summed E-state index contributed by atoms with van der Waals surface area (Å²) in [5.74, 6) is 0.438. The predicted octanol–water partition coefficient (Wildman–Crippen LogP) is 5.48. The molecule has 1 unspecified atom stereocenters. The first-order valence-electron chi connectivity index (χ1n) is 10.2. The van der Waals surface area contributed by atoms with Gasteiger partial charge in [0.25, 0.3) is 5.91 Å². The zero-order valence-electron chi connectivity index (χ0n) is 18.1. The number of aromatic hydroxyl groups is 1. The summed E-state index contributed by atoms with van der Waals surface area (Å²) in [6.07, 6.45) is 3.46. The fourth-order valence-corrected chi connectivity index (χ4v) is 5.06. The van der Waals surface area contributed by atoms with Gasteiger partial charge in [-0.25, -0.2) is 10.0 Å². The van der Waals surface area contributed by atoms with E-state index in [-0.39, 0.29) is 22.0 Å². The molecule has 1 amide bonds. The monoisotopic (exact) mass is 402 g/mol. The van der Waals surface area contributed by atoms with Crippen molar-refractivity contribution in [3.8, 4) is 5.75 Å². The number of carbonyl (C=O) groups is 1. The molecule has 2 heterocycles. The van der Waals surface area contributed by atoms with Crippen molar-refractivity contribution >= 4 is 17.7 Å². The van der Waals surface area contributed by atoms with Crippen LogP contribution in [-0.2, 0) is 15.6 Å². The molecule has 5 heteroatoms. The molecule has 2 saturated heterocycles. The molecule has 1 aromatic carbocycles. The Kier molecular flexibility index (Phi) is 5.63. The Morgan fingerprint density at radius 3 is 1.96 bits per heavy atom. The Morgan fingerprint density at radius 1 is 1.00 bits per heavy atom. The number of thioether (sulfide) groups is 1. The van der Waals surface area contributed by atoms with Crippen molar-refractivity contribution in [3.63, 3.8) is 0 Å². The molecule has 2 fully saturated rings. The lowest BCUT2D eigenvalue weighted by Gasteiger charge is -2.34. The summed E-state index contributed by atoms with van der Waals surface area (Å²) in [6.45, 7) is 18.6. The fourth-order valence-electron chi connectivity index (χ4n) is 4.01. The molecule has 1 aromatic rings. The lowest BCUT2D eigenvalue weighted by Crippen LogP contribution is -2.45. The molecule has 0 aliphatic carbocycles. The van der Waals surface area contributed by atoms with E-state index in [1.165, 1.54) is 18.2 Å². The lowest BCUT2D eigenvalue weighted by atomic mass is 9.78. The van der Waals surface area contributed by atoms with Gasteiger partial charge in [0.15, 0.2) is 0 Å². The number of hydrazine groups is 1. The van der Waals surface area contributed by atoms with E-state index in [9.17, 15) is 9.90 Å². The zero-order chi connectivity index (χ0) is 20.9. The Hall–Kier alpha value is -1.46. The van der Waals surface area contributed by atoms with Crippen LogP contribution in [0.2, 0.25) is 0 Å². The maximum Gasteiger partial charge on any atom is 0.260 e. The second-order valence-electron chi connectivity index (χ2n) is 10.0. The Bertz CT molecular complexity index is 748. The van der Waals surface area contributed by atoms with Gasteiger partial charge in [-0.1, -0.05) is 66.3 Å². The minimum atomic E-state index is -0.308. The van der Waals surface area contributed by atoms with Crippen LogP contribution in [-0.4, -0.2) is 34.1 Å². The first-order chi connectivity index (χ1) is 12.9. The van der Waals surface area contributed by atoms with Crippen molar-refractivity contribution in [1.82, 2.24) is 10.0 Å². The van der Waals surface area contributed by atoms with Crippen molar-refractivity contribution in [2.24, 2.45) is 0 Å². The van der Waals surface area contributed by atoms with Gasteiger partial charge < -0.3 is 5.11 Å². The topological polar surface area (TPSA) is 43.8 Å². The summed E-state index contributed by atoms with van der Waals surface area (Å²) in [6, 6.07) is 4.04. The molecule has 3 rings (SSSR count). The predicted molar refractivity (Wildman–Crippen MR) is 117 cm³/mol. The second-order valence-corrected chi connectivity index (χ2v) is 11.2. The Balaban J connectivity index is 2.03. The minimum absolute atomic E-state index is 0.0855. The van der Waals surface area contributed by atoms with Gasteiger partial charge in [0.2, 0.25) is 0 Å². The molecular weight excluding hydrogens is 368 g/mol. The first-order valence-corrected chi connectivity index (χ1v) is 11.1. The number of rotatable bonds is 2. The number of hydrogen-bond acceptors (Lipinski definition) is 4. The van der Waals surface area contributed by atoms with Gasteiger partial charge in [-0.15, -0.1) is 0 Å². The van der Waals surface area contributed by atoms with Crippen LogP contribution in [0.25, 0.3) is 0 Å². The van der Waals surface area contributed by atoms with Crippen LogP contribution in [0.4, 0.5) is 0 Å². The van der Waals surface area contributed by atoms with Crippen LogP contribution in [0.1, 0.15) is 82.7 Å². The molecule has 1 atom stereocenters. The van der Waals surface area contributed by atoms with E-state index in [0.717, 1.165) is 47.7 Å². The van der Waals surface area contributed by atoms with E-state index >= 15 is 0 Å². The standard InChI is InChI=1S/C23H34N2O2S/c1-15-25(24-11-9-8-10-12-24)21(27)20(28-15)16-13-17(22(2,3)4)19(26)18(14-16)23(5,6)7/h13-14,20,26H,1,8-12H2,2-7H3. The molecule has 0 spiro atoms. The maximum atomic E-state index is 13.4. The molecule has 2 aliphatic heterocycles. The third-order valence-electron chi connectivity index (χ3n) is 5.59. The van der Waals surface area contributed by atoms with Crippen molar-refractivity contribution < 1.29 is 9.90 Å². The van der Waals surface area contributed by atoms with E-state index in [1.807, 2.05) is 12.1 Å². The van der Waals surface area contributed by atoms with Gasteiger partial charge in [-0.3, -0.25) is 4.79 Å². The number of carbonyl (C=O) groups excluding carboxylic acids is 1. The van der Waals surface area contributed by atoms with Crippen molar-refractivity contribution in [2.75, 3.05) is 13.1 Å². The number of hydrogen-bond donors (Lipinski definition) is 1. The highest BCUT2D eigenvalue weighted by Crippen LogP contribution is 2.48. The molecule has 28 heavy (non-hydrogen) atoms. The molecular formula is C23H34N2O2S. The summed E-state index contributed by atoms with van der Waals surface area (Å²) in [5.41, 5.74) is 2.32. The molecule has 1 N–H and O–H groups in total. The SMILES string of the molecule is C=C1SC(c2cc(C(C)(C)C)c(O)c(C(C)(C)C)c2)C(=O)N1N1CCCCC1. The normalized spacial score (nSPS) is 22.2. The number of piperidine rings is 1. The summed E-state index contributed by atoms with van der Waals surface area (Å²) < 4.78 is 0. The van der Waals surface area contributed by atoms with Crippen molar-refractivity contribution in [3.05, 3.63) is 40.4 Å². The summed E-state index contributed by atoms with van der Waals surface area (Å²) in [7, 11) is 0. The van der Waals surface area contributed by atoms with Gasteiger partial charge in [0.05, 0.1) is 5.03 Å². The molecule has 0 aromatic heterocycles. The molecule has 0 bridgehead atoms. The van der Waals surface area contributed by atoms with E-state index in [1.54, 1.807) is 5.01 Å². The third-order valence-corrected chi connectivity index (χ3v) is 6.74. The highest BCUT2D eigenvalue weighted by atomic mass is 32.2. The smallest absolute Gasteiger partial charge is 0.260 e. The average molecular weight is 403 g/mol.